The number of piperidine rings is 1. The molecule has 2 aromatic rings. The van der Waals surface area contributed by atoms with Crippen LogP contribution in [0.5, 0.6) is 0 Å². The number of likely N-dealkylation sites (tertiary alicyclic amines) is 1. The Morgan fingerprint density at radius 3 is 2.63 bits per heavy atom. The van der Waals surface area contributed by atoms with Gasteiger partial charge in [-0.05, 0) is 50.0 Å². The lowest BCUT2D eigenvalue weighted by Gasteiger charge is -2.31. The number of benzene rings is 1. The normalized spacial score (nSPS) is 16.3. The van der Waals surface area contributed by atoms with Gasteiger partial charge < -0.3 is 0 Å². The van der Waals surface area contributed by atoms with Gasteiger partial charge in [0, 0.05) is 31.4 Å². The lowest BCUT2D eigenvalue weighted by molar-refractivity contribution is -0.385. The fourth-order valence-corrected chi connectivity index (χ4v) is 4.30. The van der Waals surface area contributed by atoms with E-state index in [-0.39, 0.29) is 16.5 Å². The predicted molar refractivity (Wildman–Crippen MR) is 101 cm³/mol. The standard InChI is InChI=1S/C18H22N4O4S/c23-22(24)17-5-3-6-18(12-17)27(25,26)20-13-15-7-10-21(11-8-15)14-16-4-1-2-9-19-16/h1-6,9,12,15,20H,7-8,10-11,13-14H2. The fraction of sp³-hybridized carbons (Fsp3) is 0.389. The third-order valence-corrected chi connectivity index (χ3v) is 6.14. The second kappa shape index (κ2) is 8.55. The molecule has 0 radical (unpaired) electrons. The number of nitrogens with zero attached hydrogens (tertiary/aromatic N) is 3. The van der Waals surface area contributed by atoms with Crippen molar-refractivity contribution in [2.24, 2.45) is 5.92 Å². The van der Waals surface area contributed by atoms with Gasteiger partial charge in [0.1, 0.15) is 0 Å². The summed E-state index contributed by atoms with van der Waals surface area (Å²) < 4.78 is 27.4. The van der Waals surface area contributed by atoms with E-state index in [1.807, 2.05) is 18.2 Å². The Morgan fingerprint density at radius 1 is 1.19 bits per heavy atom. The summed E-state index contributed by atoms with van der Waals surface area (Å²) in [4.78, 5) is 16.8. The minimum atomic E-state index is -3.76. The van der Waals surface area contributed by atoms with Gasteiger partial charge in [-0.2, -0.15) is 0 Å². The van der Waals surface area contributed by atoms with Gasteiger partial charge in [-0.3, -0.25) is 20.0 Å². The molecule has 0 unspecified atom stereocenters. The molecular weight excluding hydrogens is 368 g/mol. The van der Waals surface area contributed by atoms with Crippen LogP contribution in [0.1, 0.15) is 18.5 Å². The van der Waals surface area contributed by atoms with Crippen LogP contribution >= 0.6 is 0 Å². The van der Waals surface area contributed by atoms with Crippen LogP contribution in [0.15, 0.2) is 53.6 Å². The molecule has 1 aromatic heterocycles. The Morgan fingerprint density at radius 2 is 1.96 bits per heavy atom. The van der Waals surface area contributed by atoms with Crippen LogP contribution in [-0.4, -0.2) is 42.9 Å². The lowest BCUT2D eigenvalue weighted by atomic mass is 9.97. The smallest absolute Gasteiger partial charge is 0.270 e. The van der Waals surface area contributed by atoms with E-state index >= 15 is 0 Å². The average molecular weight is 390 g/mol. The van der Waals surface area contributed by atoms with Gasteiger partial charge in [0.25, 0.3) is 5.69 Å². The molecule has 8 nitrogen and oxygen atoms in total. The minimum absolute atomic E-state index is 0.0794. The van der Waals surface area contributed by atoms with Crippen LogP contribution < -0.4 is 4.72 Å². The zero-order valence-electron chi connectivity index (χ0n) is 14.8. The SMILES string of the molecule is O=[N+]([O-])c1cccc(S(=O)(=O)NCC2CCN(Cc3ccccn3)CC2)c1. The Hall–Kier alpha value is -2.36. The summed E-state index contributed by atoms with van der Waals surface area (Å²) >= 11 is 0. The second-order valence-corrected chi connectivity index (χ2v) is 8.41. The summed E-state index contributed by atoms with van der Waals surface area (Å²) in [5.74, 6) is 0.249. The Bertz CT molecular complexity index is 881. The highest BCUT2D eigenvalue weighted by atomic mass is 32.2. The van der Waals surface area contributed by atoms with E-state index in [2.05, 4.69) is 14.6 Å². The van der Waals surface area contributed by atoms with Crippen molar-refractivity contribution in [2.45, 2.75) is 24.3 Å². The number of nitrogens with one attached hydrogen (secondary N) is 1. The third kappa shape index (κ3) is 5.31. The molecule has 0 aliphatic carbocycles. The molecule has 0 spiro atoms. The van der Waals surface area contributed by atoms with Crippen molar-refractivity contribution in [3.05, 3.63) is 64.5 Å². The molecule has 9 heteroatoms. The van der Waals surface area contributed by atoms with Gasteiger partial charge in [-0.15, -0.1) is 0 Å². The van der Waals surface area contributed by atoms with Gasteiger partial charge in [0.05, 0.1) is 15.5 Å². The van der Waals surface area contributed by atoms with E-state index < -0.39 is 14.9 Å². The highest BCUT2D eigenvalue weighted by molar-refractivity contribution is 7.89. The zero-order chi connectivity index (χ0) is 19.3. The first-order valence-corrected chi connectivity index (χ1v) is 10.3. The number of rotatable bonds is 7. The van der Waals surface area contributed by atoms with Crippen molar-refractivity contribution in [1.29, 1.82) is 0 Å². The zero-order valence-corrected chi connectivity index (χ0v) is 15.6. The maximum atomic E-state index is 12.4. The summed E-state index contributed by atoms with van der Waals surface area (Å²) in [5, 5.41) is 10.8. The summed E-state index contributed by atoms with van der Waals surface area (Å²) in [5.41, 5.74) is 0.794. The van der Waals surface area contributed by atoms with Crippen LogP contribution in [0, 0.1) is 16.0 Å². The molecule has 1 aliphatic rings. The molecule has 1 fully saturated rings. The molecule has 1 aromatic carbocycles. The third-order valence-electron chi connectivity index (χ3n) is 4.72. The van der Waals surface area contributed by atoms with Crippen molar-refractivity contribution >= 4 is 15.7 Å². The summed E-state index contributed by atoms with van der Waals surface area (Å²) in [6, 6.07) is 11.0. The highest BCUT2D eigenvalue weighted by Crippen LogP contribution is 2.20. The van der Waals surface area contributed by atoms with E-state index in [0.29, 0.717) is 6.54 Å². The molecular formula is C18H22N4O4S. The molecule has 1 N–H and O–H groups in total. The predicted octanol–water partition coefficient (Wildman–Crippen LogP) is 2.18. The van der Waals surface area contributed by atoms with E-state index in [0.717, 1.165) is 44.2 Å². The molecule has 1 saturated heterocycles. The highest BCUT2D eigenvalue weighted by Gasteiger charge is 2.23. The number of nitro benzene ring substituents is 1. The summed E-state index contributed by atoms with van der Waals surface area (Å²) in [7, 11) is -3.76. The Labute approximate surface area is 158 Å². The van der Waals surface area contributed by atoms with Crippen LogP contribution in [0.2, 0.25) is 0 Å². The first-order chi connectivity index (χ1) is 12.9. The van der Waals surface area contributed by atoms with E-state index in [1.165, 1.54) is 18.2 Å². The molecule has 3 rings (SSSR count). The van der Waals surface area contributed by atoms with Gasteiger partial charge in [0.15, 0.2) is 0 Å². The Kier molecular flexibility index (Phi) is 6.15. The number of aromatic nitrogens is 1. The quantitative estimate of drug-likeness (QED) is 0.574. The molecule has 144 valence electrons. The van der Waals surface area contributed by atoms with Gasteiger partial charge in [0.2, 0.25) is 10.0 Å². The molecule has 0 atom stereocenters. The number of hydrogen-bond acceptors (Lipinski definition) is 6. The van der Waals surface area contributed by atoms with Gasteiger partial charge >= 0.3 is 0 Å². The van der Waals surface area contributed by atoms with Gasteiger partial charge in [-0.1, -0.05) is 12.1 Å². The molecule has 2 heterocycles. The van der Waals surface area contributed by atoms with Crippen LogP contribution in [-0.2, 0) is 16.6 Å². The van der Waals surface area contributed by atoms with E-state index in [1.54, 1.807) is 6.20 Å². The number of hydrogen-bond donors (Lipinski definition) is 1. The van der Waals surface area contributed by atoms with Crippen molar-refractivity contribution in [1.82, 2.24) is 14.6 Å². The van der Waals surface area contributed by atoms with Gasteiger partial charge in [-0.25, -0.2) is 13.1 Å². The van der Waals surface area contributed by atoms with Crippen molar-refractivity contribution in [3.63, 3.8) is 0 Å². The maximum absolute atomic E-state index is 12.4. The van der Waals surface area contributed by atoms with Crippen molar-refractivity contribution in [2.75, 3.05) is 19.6 Å². The number of non-ortho nitro benzene ring substituents is 1. The van der Waals surface area contributed by atoms with E-state index in [4.69, 9.17) is 0 Å². The average Bonchev–Trinajstić information content (AvgIpc) is 2.68. The molecule has 27 heavy (non-hydrogen) atoms. The monoisotopic (exact) mass is 390 g/mol. The van der Waals surface area contributed by atoms with Crippen molar-refractivity contribution in [3.8, 4) is 0 Å². The number of pyridine rings is 1. The lowest BCUT2D eigenvalue weighted by Crippen LogP contribution is -2.38. The minimum Gasteiger partial charge on any atom is -0.297 e. The second-order valence-electron chi connectivity index (χ2n) is 6.65. The molecule has 1 aliphatic heterocycles. The largest absolute Gasteiger partial charge is 0.297 e. The summed E-state index contributed by atoms with van der Waals surface area (Å²) in [6.45, 7) is 2.91. The topological polar surface area (TPSA) is 105 Å². The van der Waals surface area contributed by atoms with Crippen molar-refractivity contribution < 1.29 is 13.3 Å². The number of nitro groups is 1. The molecule has 0 bridgehead atoms. The molecule has 0 saturated carbocycles. The first kappa shape index (κ1) is 19.4. The number of sulfonamides is 1. The molecule has 0 amide bonds. The first-order valence-electron chi connectivity index (χ1n) is 8.80. The Balaban J connectivity index is 1.50. The van der Waals surface area contributed by atoms with Crippen LogP contribution in [0.3, 0.4) is 0 Å². The fourth-order valence-electron chi connectivity index (χ4n) is 3.14. The van der Waals surface area contributed by atoms with Crippen LogP contribution in [0.4, 0.5) is 5.69 Å². The maximum Gasteiger partial charge on any atom is 0.270 e. The van der Waals surface area contributed by atoms with Crippen LogP contribution in [0.25, 0.3) is 0 Å². The van der Waals surface area contributed by atoms with E-state index in [9.17, 15) is 18.5 Å². The summed E-state index contributed by atoms with van der Waals surface area (Å²) in [6.07, 6.45) is 3.57.